The Hall–Kier alpha value is -2.66. The van der Waals surface area contributed by atoms with Gasteiger partial charge in [-0.3, -0.25) is 10.1 Å². The molecule has 1 aliphatic carbocycles. The van der Waals surface area contributed by atoms with E-state index < -0.39 is 34.5 Å². The van der Waals surface area contributed by atoms with Crippen LogP contribution in [-0.2, 0) is 19.6 Å². The van der Waals surface area contributed by atoms with Gasteiger partial charge in [-0.15, -0.1) is 0 Å². The van der Waals surface area contributed by atoms with Crippen LogP contribution < -0.4 is 15.5 Å². The van der Waals surface area contributed by atoms with Crippen molar-refractivity contribution < 1.29 is 27.5 Å². The molecular weight excluding hydrogens is 460 g/mol. The molecule has 34 heavy (non-hydrogen) atoms. The maximum Gasteiger partial charge on any atom is 0.340 e. The van der Waals surface area contributed by atoms with Gasteiger partial charge in [-0.05, 0) is 43.9 Å². The van der Waals surface area contributed by atoms with Crippen molar-refractivity contribution in [2.75, 3.05) is 37.7 Å². The molecule has 10 nitrogen and oxygen atoms in total. The molecule has 0 aromatic heterocycles. The lowest BCUT2D eigenvalue weighted by Gasteiger charge is -2.23. The summed E-state index contributed by atoms with van der Waals surface area (Å²) in [5, 5.41) is 4.90. The first-order chi connectivity index (χ1) is 16.3. The third-order valence-corrected chi connectivity index (χ3v) is 8.30. The lowest BCUT2D eigenvalue weighted by Crippen LogP contribution is -2.45. The Bertz CT molecular complexity index is 997. The summed E-state index contributed by atoms with van der Waals surface area (Å²) in [6.45, 7) is 4.93. The van der Waals surface area contributed by atoms with E-state index in [1.807, 2.05) is 4.90 Å². The predicted octanol–water partition coefficient (Wildman–Crippen LogP) is 2.24. The highest BCUT2D eigenvalue weighted by Gasteiger charge is 2.27. The normalized spacial score (nSPS) is 16.6. The van der Waals surface area contributed by atoms with E-state index in [0.717, 1.165) is 51.6 Å². The van der Waals surface area contributed by atoms with Crippen LogP contribution in [0.25, 0.3) is 0 Å². The van der Waals surface area contributed by atoms with Gasteiger partial charge in [0.15, 0.2) is 6.61 Å². The number of anilines is 1. The molecule has 2 aliphatic rings. The van der Waals surface area contributed by atoms with E-state index in [0.29, 0.717) is 18.8 Å². The number of ether oxygens (including phenoxy) is 1. The van der Waals surface area contributed by atoms with Crippen LogP contribution in [-0.4, -0.2) is 69.5 Å². The quantitative estimate of drug-likeness (QED) is 0.504. The second-order valence-electron chi connectivity index (χ2n) is 8.54. The first-order valence-corrected chi connectivity index (χ1v) is 13.4. The minimum atomic E-state index is -3.78. The molecule has 1 saturated carbocycles. The number of esters is 1. The average molecular weight is 495 g/mol. The first-order valence-electron chi connectivity index (χ1n) is 11.9. The number of hydrogen-bond donors (Lipinski definition) is 2. The standard InChI is InChI=1S/C23H34N4O6S/c1-3-27(4-2)34(31,32)18-11-12-20(26-13-7-8-14-26)19(15-18)22(29)33-16-21(28)25-23(30)24-17-9-5-6-10-17/h11-12,15,17H,3-10,13-14,16H2,1-2H3,(H2,24,25,28,30). The summed E-state index contributed by atoms with van der Waals surface area (Å²) < 4.78 is 32.5. The SMILES string of the molecule is CCN(CC)S(=O)(=O)c1ccc(N2CCCC2)c(C(=O)OCC(=O)NC(=O)NC2CCCC2)c1. The first kappa shape index (κ1) is 26.0. The summed E-state index contributed by atoms with van der Waals surface area (Å²) in [4.78, 5) is 39.0. The minimum absolute atomic E-state index is 0.00788. The van der Waals surface area contributed by atoms with Crippen LogP contribution in [0.15, 0.2) is 23.1 Å². The van der Waals surface area contributed by atoms with Crippen LogP contribution in [0, 0.1) is 0 Å². The van der Waals surface area contributed by atoms with Gasteiger partial charge in [0, 0.05) is 32.2 Å². The highest BCUT2D eigenvalue weighted by Crippen LogP contribution is 2.29. The van der Waals surface area contributed by atoms with Crippen molar-refractivity contribution >= 4 is 33.6 Å². The topological polar surface area (TPSA) is 125 Å². The highest BCUT2D eigenvalue weighted by atomic mass is 32.2. The largest absolute Gasteiger partial charge is 0.452 e. The number of amides is 3. The average Bonchev–Trinajstić information content (AvgIpc) is 3.52. The summed E-state index contributed by atoms with van der Waals surface area (Å²) in [5.74, 6) is -1.57. The van der Waals surface area contributed by atoms with Gasteiger partial charge in [0.25, 0.3) is 5.91 Å². The molecule has 188 valence electrons. The van der Waals surface area contributed by atoms with Crippen LogP contribution in [0.1, 0.15) is 62.7 Å². The van der Waals surface area contributed by atoms with Crippen LogP contribution >= 0.6 is 0 Å². The van der Waals surface area contributed by atoms with E-state index in [-0.39, 0.29) is 16.5 Å². The van der Waals surface area contributed by atoms with Gasteiger partial charge in [-0.25, -0.2) is 18.0 Å². The van der Waals surface area contributed by atoms with E-state index in [1.165, 1.54) is 16.4 Å². The number of hydrogen-bond acceptors (Lipinski definition) is 7. The van der Waals surface area contributed by atoms with E-state index >= 15 is 0 Å². The van der Waals surface area contributed by atoms with Crippen LogP contribution in [0.2, 0.25) is 0 Å². The van der Waals surface area contributed by atoms with Gasteiger partial charge in [-0.1, -0.05) is 26.7 Å². The molecule has 0 radical (unpaired) electrons. The van der Waals surface area contributed by atoms with Gasteiger partial charge in [0.2, 0.25) is 10.0 Å². The monoisotopic (exact) mass is 494 g/mol. The molecule has 1 aliphatic heterocycles. The zero-order valence-corrected chi connectivity index (χ0v) is 20.7. The number of carbonyl (C=O) groups excluding carboxylic acids is 3. The molecule has 3 rings (SSSR count). The van der Waals surface area contributed by atoms with E-state index in [1.54, 1.807) is 19.9 Å². The lowest BCUT2D eigenvalue weighted by atomic mass is 10.1. The molecule has 1 heterocycles. The molecular formula is C23H34N4O6S. The van der Waals surface area contributed by atoms with Gasteiger partial charge in [0.1, 0.15) is 0 Å². The van der Waals surface area contributed by atoms with E-state index in [9.17, 15) is 22.8 Å². The lowest BCUT2D eigenvalue weighted by molar-refractivity contribution is -0.123. The van der Waals surface area contributed by atoms with E-state index in [2.05, 4.69) is 10.6 Å². The molecule has 2 fully saturated rings. The number of imide groups is 1. The molecule has 0 unspecified atom stereocenters. The summed E-state index contributed by atoms with van der Waals surface area (Å²) >= 11 is 0. The maximum atomic E-state index is 13.0. The minimum Gasteiger partial charge on any atom is -0.452 e. The Kier molecular flexibility index (Phi) is 8.90. The Morgan fingerprint density at radius 1 is 1.06 bits per heavy atom. The number of rotatable bonds is 9. The summed E-state index contributed by atoms with van der Waals surface area (Å²) in [6, 6.07) is 3.87. The molecule has 3 amide bonds. The number of carbonyl (C=O) groups is 3. The van der Waals surface area contributed by atoms with Gasteiger partial charge >= 0.3 is 12.0 Å². The van der Waals surface area contributed by atoms with Crippen molar-refractivity contribution in [3.05, 3.63) is 23.8 Å². The maximum absolute atomic E-state index is 13.0. The van der Waals surface area contributed by atoms with Gasteiger partial charge in [0.05, 0.1) is 16.1 Å². The highest BCUT2D eigenvalue weighted by molar-refractivity contribution is 7.89. The molecule has 0 atom stereocenters. The Morgan fingerprint density at radius 3 is 2.32 bits per heavy atom. The second-order valence-corrected chi connectivity index (χ2v) is 10.5. The number of sulfonamides is 1. The zero-order chi connectivity index (χ0) is 24.7. The van der Waals surface area contributed by atoms with Crippen molar-refractivity contribution in [3.8, 4) is 0 Å². The van der Waals surface area contributed by atoms with Crippen molar-refractivity contribution in [1.29, 1.82) is 0 Å². The second kappa shape index (κ2) is 11.7. The number of urea groups is 1. The third kappa shape index (κ3) is 6.26. The van der Waals surface area contributed by atoms with Crippen molar-refractivity contribution in [3.63, 3.8) is 0 Å². The van der Waals surface area contributed by atoms with E-state index in [4.69, 9.17) is 4.74 Å². The number of benzene rings is 1. The molecule has 0 bridgehead atoms. The van der Waals surface area contributed by atoms with Crippen LogP contribution in [0.5, 0.6) is 0 Å². The third-order valence-electron chi connectivity index (χ3n) is 6.26. The molecule has 1 aromatic carbocycles. The van der Waals surface area contributed by atoms with Crippen molar-refractivity contribution in [2.24, 2.45) is 0 Å². The fourth-order valence-corrected chi connectivity index (χ4v) is 5.93. The Labute approximate surface area is 201 Å². The Morgan fingerprint density at radius 2 is 1.71 bits per heavy atom. The van der Waals surface area contributed by atoms with Crippen molar-refractivity contribution in [1.82, 2.24) is 14.9 Å². The van der Waals surface area contributed by atoms with Crippen LogP contribution in [0.3, 0.4) is 0 Å². The molecule has 2 N–H and O–H groups in total. The molecule has 1 saturated heterocycles. The summed E-state index contributed by atoms with van der Waals surface area (Å²) in [5.41, 5.74) is 0.652. The summed E-state index contributed by atoms with van der Waals surface area (Å²) in [6.07, 6.45) is 5.77. The number of nitrogens with zero attached hydrogens (tertiary/aromatic N) is 2. The van der Waals surface area contributed by atoms with Crippen LogP contribution in [0.4, 0.5) is 10.5 Å². The fourth-order valence-electron chi connectivity index (χ4n) is 4.45. The Balaban J connectivity index is 1.72. The zero-order valence-electron chi connectivity index (χ0n) is 19.8. The molecule has 1 aromatic rings. The number of nitrogens with one attached hydrogen (secondary N) is 2. The smallest absolute Gasteiger partial charge is 0.340 e. The molecule has 11 heteroatoms. The van der Waals surface area contributed by atoms with Gasteiger partial charge in [-0.2, -0.15) is 4.31 Å². The fraction of sp³-hybridized carbons (Fsp3) is 0.609. The van der Waals surface area contributed by atoms with Crippen molar-refractivity contribution in [2.45, 2.75) is 63.3 Å². The summed E-state index contributed by atoms with van der Waals surface area (Å²) in [7, 11) is -3.78. The molecule has 0 spiro atoms. The van der Waals surface area contributed by atoms with Gasteiger partial charge < -0.3 is 15.0 Å². The predicted molar refractivity (Wildman–Crippen MR) is 127 cm³/mol.